The lowest BCUT2D eigenvalue weighted by molar-refractivity contribution is -0.162. The Bertz CT molecular complexity index is 1560. The van der Waals surface area contributed by atoms with E-state index >= 15 is 4.79 Å². The SMILES string of the molecule is CC(=O)N(C(=O)[C@@H](N)Cc1ccccc1)[C@](CC(C)C)(C(=O)N[C@@H](CC1CCCCC1)[C@@H](O)CC(=O)NCC(C)C)C1COc2ccc(CNCCO)cc21. The van der Waals surface area contributed by atoms with Crippen molar-refractivity contribution in [3.05, 3.63) is 65.2 Å². The van der Waals surface area contributed by atoms with E-state index in [4.69, 9.17) is 10.5 Å². The Balaban J connectivity index is 1.84. The molecule has 55 heavy (non-hydrogen) atoms. The molecule has 1 unspecified atom stereocenters. The van der Waals surface area contributed by atoms with Gasteiger partial charge in [0.25, 0.3) is 0 Å². The van der Waals surface area contributed by atoms with Crippen molar-refractivity contribution in [1.29, 1.82) is 0 Å². The summed E-state index contributed by atoms with van der Waals surface area (Å²) in [4.78, 5) is 58.5. The standard InChI is InChI=1S/C43H65N5O7/c1-28(2)24-43(35-27-55-39-17-16-33(20-34(35)39)26-45-18-19-49,48(30(5)50)41(53)36(44)21-31-12-8-6-9-13-31)42(54)47-37(22-32-14-10-7-11-15-32)38(51)23-40(52)46-25-29(3)4/h6,8-9,12-13,16-17,20,28-29,32,35-38,45,49,51H,7,10-11,14-15,18-19,21-27,44H2,1-5H3,(H,46,52)(H,47,54)/t35?,36-,37-,38-,43-/m0/s1. The molecule has 7 N–H and O–H groups in total. The molecule has 0 saturated heterocycles. The van der Waals surface area contributed by atoms with Gasteiger partial charge in [0.2, 0.25) is 23.6 Å². The summed E-state index contributed by atoms with van der Waals surface area (Å²) in [5.74, 6) is -2.21. The fraction of sp³-hybridized carbons (Fsp3) is 0.628. The first-order valence-corrected chi connectivity index (χ1v) is 20.2. The second kappa shape index (κ2) is 20.9. The molecule has 0 radical (unpaired) electrons. The van der Waals surface area contributed by atoms with E-state index in [-0.39, 0.29) is 56.1 Å². The summed E-state index contributed by atoms with van der Waals surface area (Å²) >= 11 is 0. The molecule has 1 aliphatic heterocycles. The summed E-state index contributed by atoms with van der Waals surface area (Å²) in [7, 11) is 0. The molecule has 1 fully saturated rings. The van der Waals surface area contributed by atoms with Gasteiger partial charge in [-0.1, -0.05) is 102 Å². The average molecular weight is 764 g/mol. The van der Waals surface area contributed by atoms with Crippen molar-refractivity contribution < 1.29 is 34.1 Å². The first-order chi connectivity index (χ1) is 26.3. The number of hydrogen-bond donors (Lipinski definition) is 6. The Kier molecular flexibility index (Phi) is 16.7. The number of nitrogens with two attached hydrogens (primary N) is 1. The molecule has 1 aliphatic carbocycles. The van der Waals surface area contributed by atoms with E-state index in [1.54, 1.807) is 0 Å². The molecular weight excluding hydrogens is 699 g/mol. The number of ether oxygens (including phenoxy) is 1. The predicted octanol–water partition coefficient (Wildman–Crippen LogP) is 3.95. The molecular formula is C43H65N5O7. The van der Waals surface area contributed by atoms with Crippen LogP contribution in [0.2, 0.25) is 0 Å². The number of carbonyl (C=O) groups excluding carboxylic acids is 4. The van der Waals surface area contributed by atoms with Crippen molar-refractivity contribution >= 4 is 23.6 Å². The number of carbonyl (C=O) groups is 4. The van der Waals surface area contributed by atoms with Crippen LogP contribution in [-0.2, 0) is 32.1 Å². The van der Waals surface area contributed by atoms with Gasteiger partial charge in [0, 0.05) is 32.1 Å². The van der Waals surface area contributed by atoms with Crippen LogP contribution >= 0.6 is 0 Å². The van der Waals surface area contributed by atoms with Crippen LogP contribution in [0.5, 0.6) is 5.75 Å². The summed E-state index contributed by atoms with van der Waals surface area (Å²) in [5, 5.41) is 30.4. The minimum atomic E-state index is -1.82. The maximum Gasteiger partial charge on any atom is 0.247 e. The largest absolute Gasteiger partial charge is 0.493 e. The molecule has 4 rings (SSSR count). The van der Waals surface area contributed by atoms with Crippen LogP contribution in [0.3, 0.4) is 0 Å². The summed E-state index contributed by atoms with van der Waals surface area (Å²) in [6, 6.07) is 13.0. The number of benzene rings is 2. The Morgan fingerprint density at radius 3 is 2.33 bits per heavy atom. The summed E-state index contributed by atoms with van der Waals surface area (Å²) < 4.78 is 6.24. The highest BCUT2D eigenvalue weighted by atomic mass is 16.5. The number of fused-ring (bicyclic) bond motifs is 1. The van der Waals surface area contributed by atoms with Crippen molar-refractivity contribution in [2.24, 2.45) is 23.5 Å². The third kappa shape index (κ3) is 11.8. The second-order valence-corrected chi connectivity index (χ2v) is 16.4. The Morgan fingerprint density at radius 2 is 1.69 bits per heavy atom. The second-order valence-electron chi connectivity index (χ2n) is 16.4. The summed E-state index contributed by atoms with van der Waals surface area (Å²) in [6.07, 6.45) is 4.37. The van der Waals surface area contributed by atoms with Crippen molar-refractivity contribution in [1.82, 2.24) is 20.9 Å². The number of nitrogens with zero attached hydrogens (tertiary/aromatic N) is 1. The quantitative estimate of drug-likeness (QED) is 0.109. The summed E-state index contributed by atoms with van der Waals surface area (Å²) in [5.41, 5.74) is 7.20. The minimum Gasteiger partial charge on any atom is -0.493 e. The fourth-order valence-corrected chi connectivity index (χ4v) is 8.31. The minimum absolute atomic E-state index is 0.0153. The number of nitrogens with one attached hydrogen (secondary N) is 3. The van der Waals surface area contributed by atoms with Crippen LogP contribution in [-0.4, -0.2) is 88.8 Å². The van der Waals surface area contributed by atoms with Gasteiger partial charge in [-0.05, 0) is 54.2 Å². The zero-order valence-electron chi connectivity index (χ0n) is 33.5. The molecule has 1 heterocycles. The first kappa shape index (κ1) is 43.9. The third-order valence-corrected chi connectivity index (χ3v) is 10.9. The van der Waals surface area contributed by atoms with E-state index in [1.807, 2.05) is 76.2 Å². The van der Waals surface area contributed by atoms with Gasteiger partial charge < -0.3 is 36.6 Å². The van der Waals surface area contributed by atoms with E-state index in [0.717, 1.165) is 48.1 Å². The number of aliphatic hydroxyl groups excluding tert-OH is 2. The molecule has 5 atom stereocenters. The number of imide groups is 1. The third-order valence-electron chi connectivity index (χ3n) is 10.9. The maximum absolute atomic E-state index is 15.6. The number of aliphatic hydroxyl groups is 2. The monoisotopic (exact) mass is 763 g/mol. The van der Waals surface area contributed by atoms with Gasteiger partial charge in [-0.15, -0.1) is 0 Å². The van der Waals surface area contributed by atoms with Gasteiger partial charge in [-0.3, -0.25) is 24.1 Å². The van der Waals surface area contributed by atoms with Crippen LogP contribution in [0.4, 0.5) is 0 Å². The molecule has 12 heteroatoms. The van der Waals surface area contributed by atoms with Crippen LogP contribution in [0.15, 0.2) is 48.5 Å². The Morgan fingerprint density at radius 1 is 0.982 bits per heavy atom. The molecule has 0 spiro atoms. The topological polar surface area (TPSA) is 183 Å². The van der Waals surface area contributed by atoms with Gasteiger partial charge in [0.05, 0.1) is 43.7 Å². The molecule has 12 nitrogen and oxygen atoms in total. The lowest BCUT2D eigenvalue weighted by atomic mass is 9.72. The molecule has 304 valence electrons. The van der Waals surface area contributed by atoms with E-state index in [1.165, 1.54) is 6.92 Å². The average Bonchev–Trinajstić information content (AvgIpc) is 3.57. The molecule has 1 saturated carbocycles. The first-order valence-electron chi connectivity index (χ1n) is 20.2. The smallest absolute Gasteiger partial charge is 0.247 e. The lowest BCUT2D eigenvalue weighted by Crippen LogP contribution is -2.69. The fourth-order valence-electron chi connectivity index (χ4n) is 8.31. The highest BCUT2D eigenvalue weighted by molar-refractivity contribution is 6.04. The highest BCUT2D eigenvalue weighted by Gasteiger charge is 2.58. The van der Waals surface area contributed by atoms with Gasteiger partial charge >= 0.3 is 0 Å². The molecule has 0 aromatic heterocycles. The van der Waals surface area contributed by atoms with E-state index < -0.39 is 47.4 Å². The van der Waals surface area contributed by atoms with Crippen LogP contribution < -0.4 is 26.4 Å². The Labute approximate surface area is 327 Å². The van der Waals surface area contributed by atoms with Crippen molar-refractivity contribution in [3.63, 3.8) is 0 Å². The zero-order chi connectivity index (χ0) is 40.1. The van der Waals surface area contributed by atoms with Gasteiger partial charge in [-0.25, -0.2) is 0 Å². The summed E-state index contributed by atoms with van der Waals surface area (Å²) in [6.45, 7) is 10.4. The normalized spacial score (nSPS) is 18.5. The highest BCUT2D eigenvalue weighted by Crippen LogP contribution is 2.47. The maximum atomic E-state index is 15.6. The van der Waals surface area contributed by atoms with Crippen LogP contribution in [0.1, 0.15) is 109 Å². The van der Waals surface area contributed by atoms with E-state index in [9.17, 15) is 24.6 Å². The van der Waals surface area contributed by atoms with Crippen molar-refractivity contribution in [2.45, 2.75) is 129 Å². The molecule has 2 aliphatic rings. The van der Waals surface area contributed by atoms with Crippen LogP contribution in [0, 0.1) is 17.8 Å². The van der Waals surface area contributed by atoms with Crippen LogP contribution in [0.25, 0.3) is 0 Å². The molecule has 2 aromatic carbocycles. The molecule has 0 bridgehead atoms. The zero-order valence-corrected chi connectivity index (χ0v) is 33.5. The van der Waals surface area contributed by atoms with Gasteiger partial charge in [0.15, 0.2) is 0 Å². The van der Waals surface area contributed by atoms with E-state index in [0.29, 0.717) is 37.4 Å². The molecule has 4 amide bonds. The Hall–Kier alpha value is -3.84. The van der Waals surface area contributed by atoms with Crippen molar-refractivity contribution in [3.8, 4) is 5.75 Å². The number of rotatable bonds is 20. The number of amides is 4. The number of hydrogen-bond acceptors (Lipinski definition) is 9. The van der Waals surface area contributed by atoms with Gasteiger partial charge in [0.1, 0.15) is 11.3 Å². The molecule has 2 aromatic rings. The predicted molar refractivity (Wildman–Crippen MR) is 213 cm³/mol. The van der Waals surface area contributed by atoms with E-state index in [2.05, 4.69) is 16.0 Å². The van der Waals surface area contributed by atoms with Gasteiger partial charge in [-0.2, -0.15) is 0 Å². The van der Waals surface area contributed by atoms with Crippen molar-refractivity contribution in [2.75, 3.05) is 26.3 Å². The lowest BCUT2D eigenvalue weighted by Gasteiger charge is -2.47.